The van der Waals surface area contributed by atoms with E-state index < -0.39 is 77.7 Å². The van der Waals surface area contributed by atoms with E-state index in [9.17, 15) is 29.1 Å². The van der Waals surface area contributed by atoms with Crippen LogP contribution in [0.2, 0.25) is 0 Å². The Hall–Kier alpha value is -3.81. The summed E-state index contributed by atoms with van der Waals surface area (Å²) in [4.78, 5) is 65.7. The van der Waals surface area contributed by atoms with Crippen LogP contribution in [0.4, 0.5) is 0 Å². The Bertz CT molecular complexity index is 1130. The topological polar surface area (TPSA) is 158 Å². The van der Waals surface area contributed by atoms with E-state index in [1.165, 1.54) is 6.92 Å². The van der Waals surface area contributed by atoms with Crippen LogP contribution in [0.25, 0.3) is 0 Å². The molecule has 1 aromatic rings. The number of hydrogen-bond acceptors (Lipinski definition) is 13. The fourth-order valence-corrected chi connectivity index (χ4v) is 4.82. The number of ether oxygens (including phenoxy) is 5. The normalized spacial score (nSPS) is 22.5. The summed E-state index contributed by atoms with van der Waals surface area (Å²) in [5.41, 5.74) is -2.72. The maximum atomic E-state index is 13.5. The number of hydrazine groups is 1. The zero-order valence-electron chi connectivity index (χ0n) is 21.7. The third-order valence-electron chi connectivity index (χ3n) is 6.45. The van der Waals surface area contributed by atoms with E-state index in [1.807, 2.05) is 6.07 Å². The molecule has 0 unspecified atom stereocenters. The molecule has 2 aliphatic rings. The molecule has 0 bridgehead atoms. The second-order valence-corrected chi connectivity index (χ2v) is 8.63. The fourth-order valence-electron chi connectivity index (χ4n) is 4.82. The van der Waals surface area contributed by atoms with Gasteiger partial charge in [-0.05, 0) is 12.5 Å². The summed E-state index contributed by atoms with van der Waals surface area (Å²) >= 11 is 0. The standard InChI is InChI=1S/C25H30N2O11/c1-14(28)21(38-13-15-9-7-6-8-10-15)19-16(29)12-26-20(23(32)36-4)18(22(31)35-3)25(27(19)26,24(33)37-5)11-17(30)34-2/h6-10,14,19,21,28H,11-13H2,1-5H3/t14-,19-,21-,25+/m0/s1. The number of rotatable bonds is 10. The molecule has 1 fully saturated rings. The molecule has 13 heteroatoms. The van der Waals surface area contributed by atoms with Gasteiger partial charge in [-0.25, -0.2) is 14.4 Å². The van der Waals surface area contributed by atoms with Gasteiger partial charge in [0.25, 0.3) is 0 Å². The molecular weight excluding hydrogens is 504 g/mol. The number of ketones is 1. The molecule has 38 heavy (non-hydrogen) atoms. The van der Waals surface area contributed by atoms with E-state index in [4.69, 9.17) is 23.7 Å². The van der Waals surface area contributed by atoms with Gasteiger partial charge in [-0.15, -0.1) is 0 Å². The van der Waals surface area contributed by atoms with Gasteiger partial charge in [0, 0.05) is 0 Å². The van der Waals surface area contributed by atoms with Crippen LogP contribution >= 0.6 is 0 Å². The van der Waals surface area contributed by atoms with Crippen LogP contribution in [0.3, 0.4) is 0 Å². The lowest BCUT2D eigenvalue weighted by Crippen LogP contribution is -2.64. The van der Waals surface area contributed by atoms with Gasteiger partial charge in [-0.1, -0.05) is 30.3 Å². The first-order valence-electron chi connectivity index (χ1n) is 11.6. The van der Waals surface area contributed by atoms with Gasteiger partial charge in [0.2, 0.25) is 0 Å². The van der Waals surface area contributed by atoms with Crippen molar-refractivity contribution < 1.29 is 52.8 Å². The van der Waals surface area contributed by atoms with Crippen molar-refractivity contribution in [3.63, 3.8) is 0 Å². The lowest BCUT2D eigenvalue weighted by atomic mass is 9.83. The summed E-state index contributed by atoms with van der Waals surface area (Å²) in [5, 5.41) is 12.8. The minimum absolute atomic E-state index is 0.0165. The molecule has 13 nitrogen and oxygen atoms in total. The van der Waals surface area contributed by atoms with Gasteiger partial charge in [-0.3, -0.25) is 14.6 Å². The first-order valence-corrected chi connectivity index (χ1v) is 11.6. The highest BCUT2D eigenvalue weighted by atomic mass is 16.5. The largest absolute Gasteiger partial charge is 0.469 e. The van der Waals surface area contributed by atoms with E-state index >= 15 is 0 Å². The monoisotopic (exact) mass is 534 g/mol. The maximum Gasteiger partial charge on any atom is 0.356 e. The predicted molar refractivity (Wildman–Crippen MR) is 126 cm³/mol. The van der Waals surface area contributed by atoms with Crippen molar-refractivity contribution >= 4 is 29.7 Å². The summed E-state index contributed by atoms with van der Waals surface area (Å²) in [6.07, 6.45) is -3.39. The summed E-state index contributed by atoms with van der Waals surface area (Å²) in [6, 6.07) is 7.49. The summed E-state index contributed by atoms with van der Waals surface area (Å²) < 4.78 is 25.5. The highest BCUT2D eigenvalue weighted by molar-refractivity contribution is 6.11. The van der Waals surface area contributed by atoms with Gasteiger partial charge >= 0.3 is 23.9 Å². The zero-order chi connectivity index (χ0) is 28.2. The Labute approximate surface area is 218 Å². The van der Waals surface area contributed by atoms with Crippen LogP contribution in [0.15, 0.2) is 41.6 Å². The first kappa shape index (κ1) is 28.8. The number of Topliss-reactive ketones (excluding diaryl/α,β-unsaturated/α-hetero) is 1. The molecule has 0 spiro atoms. The Morgan fingerprint density at radius 1 is 1.00 bits per heavy atom. The van der Waals surface area contributed by atoms with Crippen molar-refractivity contribution in [2.24, 2.45) is 0 Å². The van der Waals surface area contributed by atoms with Crippen LogP contribution in [0.5, 0.6) is 0 Å². The molecule has 0 saturated carbocycles. The van der Waals surface area contributed by atoms with E-state index in [-0.39, 0.29) is 6.61 Å². The number of carbonyl (C=O) groups is 5. The maximum absolute atomic E-state index is 13.5. The number of aliphatic hydroxyl groups is 1. The van der Waals surface area contributed by atoms with Crippen molar-refractivity contribution in [3.05, 3.63) is 47.2 Å². The highest BCUT2D eigenvalue weighted by Crippen LogP contribution is 2.48. The number of hydrogen-bond donors (Lipinski definition) is 1. The fraction of sp³-hybridized carbons (Fsp3) is 0.480. The van der Waals surface area contributed by atoms with E-state index in [0.29, 0.717) is 0 Å². The second-order valence-electron chi connectivity index (χ2n) is 8.63. The molecule has 0 aliphatic carbocycles. The lowest BCUT2D eigenvalue weighted by molar-refractivity contribution is -0.178. The van der Waals surface area contributed by atoms with Gasteiger partial charge in [0.15, 0.2) is 17.0 Å². The Kier molecular flexibility index (Phi) is 8.86. The summed E-state index contributed by atoms with van der Waals surface area (Å²) in [7, 11) is 4.15. The van der Waals surface area contributed by atoms with Crippen molar-refractivity contribution in [3.8, 4) is 0 Å². The number of fused-ring (bicyclic) bond motifs is 1. The minimum atomic E-state index is -2.39. The molecule has 206 valence electrons. The highest BCUT2D eigenvalue weighted by Gasteiger charge is 2.69. The van der Waals surface area contributed by atoms with Crippen LogP contribution in [-0.2, 0) is 54.3 Å². The van der Waals surface area contributed by atoms with E-state index in [1.54, 1.807) is 24.3 Å². The number of carbonyl (C=O) groups excluding carboxylic acids is 5. The number of nitrogens with zero attached hydrogens (tertiary/aromatic N) is 2. The predicted octanol–water partition coefficient (Wildman–Crippen LogP) is -0.488. The summed E-state index contributed by atoms with van der Waals surface area (Å²) in [6.45, 7) is 0.864. The lowest BCUT2D eigenvalue weighted by Gasteiger charge is -2.42. The molecule has 0 radical (unpaired) electrons. The van der Waals surface area contributed by atoms with Crippen molar-refractivity contribution in [2.45, 2.75) is 43.7 Å². The van der Waals surface area contributed by atoms with Crippen molar-refractivity contribution in [1.29, 1.82) is 0 Å². The van der Waals surface area contributed by atoms with Gasteiger partial charge in [0.1, 0.15) is 17.7 Å². The van der Waals surface area contributed by atoms with Crippen LogP contribution in [0, 0.1) is 0 Å². The molecule has 4 atom stereocenters. The molecule has 3 rings (SSSR count). The summed E-state index contributed by atoms with van der Waals surface area (Å²) in [5.74, 6) is -4.89. The average Bonchev–Trinajstić information content (AvgIpc) is 3.39. The Morgan fingerprint density at radius 3 is 2.16 bits per heavy atom. The molecule has 2 heterocycles. The van der Waals surface area contributed by atoms with E-state index in [2.05, 4.69) is 0 Å². The Morgan fingerprint density at radius 2 is 1.63 bits per heavy atom. The average molecular weight is 535 g/mol. The second kappa shape index (κ2) is 11.7. The zero-order valence-corrected chi connectivity index (χ0v) is 21.7. The van der Waals surface area contributed by atoms with Gasteiger partial charge < -0.3 is 28.8 Å². The van der Waals surface area contributed by atoms with Gasteiger partial charge in [-0.2, -0.15) is 5.01 Å². The molecule has 0 amide bonds. The third-order valence-corrected chi connectivity index (χ3v) is 6.45. The first-order chi connectivity index (χ1) is 18.1. The smallest absolute Gasteiger partial charge is 0.356 e. The van der Waals surface area contributed by atoms with Crippen LogP contribution < -0.4 is 0 Å². The van der Waals surface area contributed by atoms with Crippen molar-refractivity contribution in [2.75, 3.05) is 35.0 Å². The molecular formula is C25H30N2O11. The van der Waals surface area contributed by atoms with Crippen molar-refractivity contribution in [1.82, 2.24) is 10.0 Å². The molecule has 1 aromatic carbocycles. The van der Waals surface area contributed by atoms with Gasteiger partial charge in [0.05, 0.1) is 54.1 Å². The molecule has 1 N–H and O–H groups in total. The minimum Gasteiger partial charge on any atom is -0.469 e. The Balaban J connectivity index is 2.25. The number of esters is 4. The SMILES string of the molecule is COC(=O)C[C@]1(C(=O)OC)C(C(=O)OC)=C(C(=O)OC)N2CC(=O)[C@@H]([C@@H](OCc3ccccc3)[C@H](C)O)N21. The molecule has 1 saturated heterocycles. The number of aliphatic hydroxyl groups excluding tert-OH is 1. The molecule has 2 aliphatic heterocycles. The molecule has 0 aromatic heterocycles. The van der Waals surface area contributed by atoms with Crippen LogP contribution in [0.1, 0.15) is 18.9 Å². The quantitative estimate of drug-likeness (QED) is 0.303. The third kappa shape index (κ3) is 4.87. The number of methoxy groups -OCH3 is 4. The van der Waals surface area contributed by atoms with Crippen LogP contribution in [-0.4, -0.2) is 104 Å². The van der Waals surface area contributed by atoms with E-state index in [0.717, 1.165) is 44.0 Å². The number of benzene rings is 1.